The van der Waals surface area contributed by atoms with Crippen molar-refractivity contribution in [3.63, 3.8) is 0 Å². The number of allylic oxidation sites excluding steroid dienone is 1. The number of rotatable bonds is 3. The van der Waals surface area contributed by atoms with E-state index in [1.54, 1.807) is 0 Å². The van der Waals surface area contributed by atoms with Crippen LogP contribution in [-0.4, -0.2) is 18.9 Å². The Labute approximate surface area is 92.4 Å². The largest absolute Gasteiger partial charge is 0.375 e. The Hall–Kier alpha value is -0.630. The molecule has 1 heterocycles. The van der Waals surface area contributed by atoms with Crippen LogP contribution < -0.4 is 0 Å². The maximum atomic E-state index is 5.66. The van der Waals surface area contributed by atoms with E-state index in [1.807, 2.05) is 13.3 Å². The van der Waals surface area contributed by atoms with Crippen molar-refractivity contribution in [1.82, 2.24) is 0 Å². The fraction of sp³-hybridized carbons (Fsp3) is 0.769. The Bertz CT molecular complexity index is 251. The molecule has 1 fully saturated rings. The molecular formula is C13H21NO. The summed E-state index contributed by atoms with van der Waals surface area (Å²) >= 11 is 0. The Kier molecular flexibility index (Phi) is 3.95. The highest BCUT2D eigenvalue weighted by Gasteiger charge is 2.27. The molecule has 2 nitrogen and oxygen atoms in total. The van der Waals surface area contributed by atoms with E-state index in [0.717, 1.165) is 12.8 Å². The van der Waals surface area contributed by atoms with Crippen molar-refractivity contribution in [2.75, 3.05) is 7.11 Å². The van der Waals surface area contributed by atoms with Gasteiger partial charge < -0.3 is 4.74 Å². The van der Waals surface area contributed by atoms with Crippen LogP contribution >= 0.6 is 0 Å². The van der Waals surface area contributed by atoms with Crippen LogP contribution in [0, 0.1) is 5.92 Å². The van der Waals surface area contributed by atoms with Crippen molar-refractivity contribution in [1.29, 1.82) is 0 Å². The molecule has 0 radical (unpaired) electrons. The number of ether oxygens (including phenoxy) is 1. The van der Waals surface area contributed by atoms with E-state index in [9.17, 15) is 0 Å². The Morgan fingerprint density at radius 2 is 2.13 bits per heavy atom. The minimum atomic E-state index is 0.287. The fourth-order valence-corrected chi connectivity index (χ4v) is 2.77. The molecule has 0 spiro atoms. The molecule has 15 heavy (non-hydrogen) atoms. The lowest BCUT2D eigenvalue weighted by Crippen LogP contribution is -2.33. The van der Waals surface area contributed by atoms with Gasteiger partial charge in [0.05, 0.1) is 6.10 Å². The van der Waals surface area contributed by atoms with Gasteiger partial charge in [-0.25, -0.2) is 0 Å². The van der Waals surface area contributed by atoms with E-state index in [1.165, 1.54) is 37.8 Å². The van der Waals surface area contributed by atoms with Gasteiger partial charge in [-0.15, -0.1) is 0 Å². The van der Waals surface area contributed by atoms with Gasteiger partial charge in [-0.2, -0.15) is 0 Å². The number of nitrogens with zero attached hydrogens (tertiary/aromatic N) is 1. The van der Waals surface area contributed by atoms with E-state index < -0.39 is 0 Å². The van der Waals surface area contributed by atoms with E-state index in [4.69, 9.17) is 4.74 Å². The molecule has 1 aliphatic carbocycles. The SMILES string of the molecule is COC(C1=NC=CCC1)C1CCCCC1. The Balaban J connectivity index is 2.01. The van der Waals surface area contributed by atoms with Gasteiger partial charge in [0, 0.05) is 19.0 Å². The molecule has 0 amide bonds. The molecule has 0 bridgehead atoms. The highest BCUT2D eigenvalue weighted by Crippen LogP contribution is 2.29. The number of methoxy groups -OCH3 is 1. The average molecular weight is 207 g/mol. The molecule has 84 valence electrons. The molecule has 0 aromatic carbocycles. The van der Waals surface area contributed by atoms with Crippen LogP contribution in [0.2, 0.25) is 0 Å². The summed E-state index contributed by atoms with van der Waals surface area (Å²) in [4.78, 5) is 4.49. The number of hydrogen-bond donors (Lipinski definition) is 0. The summed E-state index contributed by atoms with van der Waals surface area (Å²) in [6, 6.07) is 0. The molecule has 1 atom stereocenters. The van der Waals surface area contributed by atoms with Crippen molar-refractivity contribution in [3.8, 4) is 0 Å². The van der Waals surface area contributed by atoms with Crippen LogP contribution in [0.5, 0.6) is 0 Å². The summed E-state index contributed by atoms with van der Waals surface area (Å²) < 4.78 is 5.66. The minimum absolute atomic E-state index is 0.287. The summed E-state index contributed by atoms with van der Waals surface area (Å²) in [7, 11) is 1.83. The second-order valence-electron chi connectivity index (χ2n) is 4.60. The van der Waals surface area contributed by atoms with Gasteiger partial charge in [0.15, 0.2) is 0 Å². The zero-order chi connectivity index (χ0) is 10.5. The first-order valence-corrected chi connectivity index (χ1v) is 6.16. The van der Waals surface area contributed by atoms with Gasteiger partial charge in [0.2, 0.25) is 0 Å². The standard InChI is InChI=1S/C13H21NO/c1-15-13(11-7-3-2-4-8-11)12-9-5-6-10-14-12/h6,10-11,13H,2-5,7-9H2,1H3. The van der Waals surface area contributed by atoms with E-state index >= 15 is 0 Å². The smallest absolute Gasteiger partial charge is 0.0980 e. The van der Waals surface area contributed by atoms with Crippen LogP contribution in [0.25, 0.3) is 0 Å². The topological polar surface area (TPSA) is 21.6 Å². The minimum Gasteiger partial charge on any atom is -0.375 e. The van der Waals surface area contributed by atoms with Gasteiger partial charge in [-0.3, -0.25) is 4.99 Å². The highest BCUT2D eigenvalue weighted by atomic mass is 16.5. The molecular weight excluding hydrogens is 186 g/mol. The third-order valence-corrected chi connectivity index (χ3v) is 3.57. The molecule has 0 N–H and O–H groups in total. The number of hydrogen-bond acceptors (Lipinski definition) is 2. The van der Waals surface area contributed by atoms with Crippen LogP contribution in [0.15, 0.2) is 17.3 Å². The molecule has 1 unspecified atom stereocenters. The predicted molar refractivity (Wildman–Crippen MR) is 63.2 cm³/mol. The molecule has 0 aromatic heterocycles. The summed E-state index contributed by atoms with van der Waals surface area (Å²) in [5.41, 5.74) is 1.27. The van der Waals surface area contributed by atoms with Crippen LogP contribution in [-0.2, 0) is 4.74 Å². The summed E-state index contributed by atoms with van der Waals surface area (Å²) in [5, 5.41) is 0. The molecule has 2 aliphatic rings. The zero-order valence-electron chi connectivity index (χ0n) is 9.61. The first kappa shape index (κ1) is 10.9. The molecule has 1 saturated carbocycles. The maximum Gasteiger partial charge on any atom is 0.0980 e. The van der Waals surface area contributed by atoms with Gasteiger partial charge in [-0.05, 0) is 31.6 Å². The van der Waals surface area contributed by atoms with E-state index in [2.05, 4.69) is 11.1 Å². The predicted octanol–water partition coefficient (Wildman–Crippen LogP) is 3.33. The van der Waals surface area contributed by atoms with Crippen molar-refractivity contribution in [2.45, 2.75) is 51.0 Å². The van der Waals surface area contributed by atoms with Crippen LogP contribution in [0.3, 0.4) is 0 Å². The van der Waals surface area contributed by atoms with Crippen molar-refractivity contribution < 1.29 is 4.74 Å². The lowest BCUT2D eigenvalue weighted by molar-refractivity contribution is 0.0845. The van der Waals surface area contributed by atoms with E-state index in [0.29, 0.717) is 5.92 Å². The van der Waals surface area contributed by atoms with Crippen molar-refractivity contribution in [2.24, 2.45) is 10.9 Å². The van der Waals surface area contributed by atoms with Crippen LogP contribution in [0.4, 0.5) is 0 Å². The van der Waals surface area contributed by atoms with Gasteiger partial charge in [0.1, 0.15) is 0 Å². The average Bonchev–Trinajstić information content (AvgIpc) is 2.33. The molecule has 2 heteroatoms. The number of aliphatic imine (C=N–C) groups is 1. The molecule has 2 rings (SSSR count). The lowest BCUT2D eigenvalue weighted by Gasteiger charge is -2.30. The first-order chi connectivity index (χ1) is 7.42. The second-order valence-corrected chi connectivity index (χ2v) is 4.60. The van der Waals surface area contributed by atoms with Crippen molar-refractivity contribution in [3.05, 3.63) is 12.3 Å². The second kappa shape index (κ2) is 5.45. The van der Waals surface area contributed by atoms with Crippen LogP contribution in [0.1, 0.15) is 44.9 Å². The third kappa shape index (κ3) is 2.69. The van der Waals surface area contributed by atoms with Gasteiger partial charge in [0.25, 0.3) is 0 Å². The Morgan fingerprint density at radius 3 is 2.73 bits per heavy atom. The van der Waals surface area contributed by atoms with Gasteiger partial charge >= 0.3 is 0 Å². The van der Waals surface area contributed by atoms with Crippen molar-refractivity contribution >= 4 is 5.71 Å². The maximum absolute atomic E-state index is 5.66. The summed E-state index contributed by atoms with van der Waals surface area (Å²) in [6.45, 7) is 0. The fourth-order valence-electron chi connectivity index (χ4n) is 2.77. The molecule has 1 aliphatic heterocycles. The Morgan fingerprint density at radius 1 is 1.33 bits per heavy atom. The lowest BCUT2D eigenvalue weighted by atomic mass is 9.82. The van der Waals surface area contributed by atoms with E-state index in [-0.39, 0.29) is 6.10 Å². The third-order valence-electron chi connectivity index (χ3n) is 3.57. The van der Waals surface area contributed by atoms with Gasteiger partial charge in [-0.1, -0.05) is 25.3 Å². The zero-order valence-corrected chi connectivity index (χ0v) is 9.61. The molecule has 0 saturated heterocycles. The monoisotopic (exact) mass is 207 g/mol. The normalized spacial score (nSPS) is 25.0. The quantitative estimate of drug-likeness (QED) is 0.695. The highest BCUT2D eigenvalue weighted by molar-refractivity contribution is 5.90. The molecule has 0 aromatic rings. The first-order valence-electron chi connectivity index (χ1n) is 6.16. The summed E-state index contributed by atoms with van der Waals surface area (Å²) in [5.74, 6) is 0.717. The summed E-state index contributed by atoms with van der Waals surface area (Å²) in [6.07, 6.45) is 13.4.